The van der Waals surface area contributed by atoms with Crippen LogP contribution in [0.25, 0.3) is 0 Å². The van der Waals surface area contributed by atoms with E-state index in [4.69, 9.17) is 16.7 Å². The van der Waals surface area contributed by atoms with Gasteiger partial charge in [0.2, 0.25) is 0 Å². The zero-order chi connectivity index (χ0) is 13.7. The van der Waals surface area contributed by atoms with Gasteiger partial charge in [0.05, 0.1) is 10.6 Å². The van der Waals surface area contributed by atoms with Crippen LogP contribution >= 0.6 is 11.6 Å². The molecule has 0 aliphatic heterocycles. The van der Waals surface area contributed by atoms with Gasteiger partial charge in [0.15, 0.2) is 0 Å². The Morgan fingerprint density at radius 2 is 2.06 bits per heavy atom. The van der Waals surface area contributed by atoms with E-state index in [1.54, 1.807) is 0 Å². The summed E-state index contributed by atoms with van der Waals surface area (Å²) in [7, 11) is 5.93. The number of carboxylic acid groups (broad SMARTS) is 1. The summed E-state index contributed by atoms with van der Waals surface area (Å²) in [6.45, 7) is 1.80. The Morgan fingerprint density at radius 3 is 2.56 bits per heavy atom. The highest BCUT2D eigenvalue weighted by Gasteiger charge is 2.11. The van der Waals surface area contributed by atoms with Crippen LogP contribution in [0.15, 0.2) is 12.3 Å². The van der Waals surface area contributed by atoms with Crippen molar-refractivity contribution in [3.05, 3.63) is 22.8 Å². The van der Waals surface area contributed by atoms with Gasteiger partial charge in [0, 0.05) is 19.8 Å². The van der Waals surface area contributed by atoms with E-state index in [1.807, 2.05) is 26.0 Å². The van der Waals surface area contributed by atoms with Gasteiger partial charge in [0.25, 0.3) is 0 Å². The Morgan fingerprint density at radius 1 is 1.39 bits per heavy atom. The molecule has 0 fully saturated rings. The molecule has 6 heteroatoms. The number of pyridine rings is 1. The van der Waals surface area contributed by atoms with Crippen molar-refractivity contribution in [2.24, 2.45) is 0 Å². The Balaban J connectivity index is 2.68. The number of carboxylic acids is 1. The normalized spacial score (nSPS) is 10.7. The predicted molar refractivity (Wildman–Crippen MR) is 72.6 cm³/mol. The molecule has 1 heterocycles. The van der Waals surface area contributed by atoms with Gasteiger partial charge >= 0.3 is 5.97 Å². The smallest absolute Gasteiger partial charge is 0.337 e. The molecule has 0 spiro atoms. The van der Waals surface area contributed by atoms with Crippen molar-refractivity contribution >= 4 is 23.4 Å². The number of nitrogens with zero attached hydrogens (tertiary/aromatic N) is 3. The third-order valence-electron chi connectivity index (χ3n) is 2.53. The van der Waals surface area contributed by atoms with Gasteiger partial charge in [-0.3, -0.25) is 0 Å². The van der Waals surface area contributed by atoms with E-state index < -0.39 is 5.97 Å². The molecular weight excluding hydrogens is 254 g/mol. The number of halogens is 1. The van der Waals surface area contributed by atoms with E-state index in [1.165, 1.54) is 12.3 Å². The fraction of sp³-hybridized carbons (Fsp3) is 0.500. The van der Waals surface area contributed by atoms with E-state index in [0.717, 1.165) is 19.5 Å². The summed E-state index contributed by atoms with van der Waals surface area (Å²) in [6, 6.07) is 1.43. The fourth-order valence-electron chi connectivity index (χ4n) is 1.56. The van der Waals surface area contributed by atoms with Gasteiger partial charge in [-0.1, -0.05) is 11.6 Å². The minimum absolute atomic E-state index is 0.102. The highest BCUT2D eigenvalue weighted by atomic mass is 35.5. The van der Waals surface area contributed by atoms with Crippen molar-refractivity contribution < 1.29 is 9.90 Å². The molecule has 0 amide bonds. The Hall–Kier alpha value is -1.33. The summed E-state index contributed by atoms with van der Waals surface area (Å²) >= 11 is 6.03. The van der Waals surface area contributed by atoms with E-state index >= 15 is 0 Å². The molecule has 100 valence electrons. The van der Waals surface area contributed by atoms with Crippen molar-refractivity contribution in [1.29, 1.82) is 0 Å². The number of carbonyl (C=O) groups is 1. The van der Waals surface area contributed by atoms with Crippen molar-refractivity contribution in [3.63, 3.8) is 0 Å². The van der Waals surface area contributed by atoms with E-state index in [2.05, 4.69) is 9.88 Å². The molecule has 0 aliphatic rings. The number of anilines is 1. The minimum atomic E-state index is -1.02. The average Bonchev–Trinajstić information content (AvgIpc) is 2.27. The van der Waals surface area contributed by atoms with E-state index in [9.17, 15) is 4.79 Å². The standard InChI is InChI=1S/C12H18ClN3O2/c1-15(2)5-4-6-16(3)11-10(13)7-9(8-14-11)12(17)18/h7-8H,4-6H2,1-3H3,(H,17,18). The highest BCUT2D eigenvalue weighted by molar-refractivity contribution is 6.33. The molecule has 0 aliphatic carbocycles. The lowest BCUT2D eigenvalue weighted by Crippen LogP contribution is -2.24. The molecule has 1 aromatic heterocycles. The van der Waals surface area contributed by atoms with Crippen LogP contribution in [-0.2, 0) is 0 Å². The second kappa shape index (κ2) is 6.56. The van der Waals surface area contributed by atoms with Gasteiger partial charge in [-0.05, 0) is 33.1 Å². The molecule has 0 unspecified atom stereocenters. The molecule has 18 heavy (non-hydrogen) atoms. The van der Waals surface area contributed by atoms with Crippen LogP contribution in [0.2, 0.25) is 5.02 Å². The SMILES string of the molecule is CN(C)CCCN(C)c1ncc(C(=O)O)cc1Cl. The summed E-state index contributed by atoms with van der Waals surface area (Å²) in [5.41, 5.74) is 0.102. The number of hydrogen-bond donors (Lipinski definition) is 1. The number of aromatic carboxylic acids is 1. The Bertz CT molecular complexity index is 424. The van der Waals surface area contributed by atoms with Gasteiger partial charge in [0.1, 0.15) is 5.82 Å². The van der Waals surface area contributed by atoms with Gasteiger partial charge in [-0.2, -0.15) is 0 Å². The first-order valence-corrected chi connectivity index (χ1v) is 6.04. The Kier molecular flexibility index (Phi) is 5.37. The van der Waals surface area contributed by atoms with Gasteiger partial charge < -0.3 is 14.9 Å². The average molecular weight is 272 g/mol. The zero-order valence-corrected chi connectivity index (χ0v) is 11.6. The molecule has 1 aromatic rings. The van der Waals surface area contributed by atoms with E-state index in [-0.39, 0.29) is 5.56 Å². The maximum Gasteiger partial charge on any atom is 0.337 e. The zero-order valence-electron chi connectivity index (χ0n) is 10.9. The topological polar surface area (TPSA) is 56.7 Å². The molecule has 0 saturated carbocycles. The molecule has 1 N–H and O–H groups in total. The van der Waals surface area contributed by atoms with Crippen LogP contribution in [0, 0.1) is 0 Å². The van der Waals surface area contributed by atoms with Crippen LogP contribution in [0.5, 0.6) is 0 Å². The quantitative estimate of drug-likeness (QED) is 0.855. The van der Waals surface area contributed by atoms with Crippen molar-refractivity contribution in [1.82, 2.24) is 9.88 Å². The lowest BCUT2D eigenvalue weighted by molar-refractivity contribution is 0.0696. The maximum absolute atomic E-state index is 10.8. The monoisotopic (exact) mass is 271 g/mol. The van der Waals surface area contributed by atoms with Crippen LogP contribution in [0.4, 0.5) is 5.82 Å². The summed E-state index contributed by atoms with van der Waals surface area (Å²) < 4.78 is 0. The van der Waals surface area contributed by atoms with Gasteiger partial charge in [-0.15, -0.1) is 0 Å². The summed E-state index contributed by atoms with van der Waals surface area (Å²) in [6.07, 6.45) is 2.31. The van der Waals surface area contributed by atoms with Crippen LogP contribution in [-0.4, -0.2) is 55.2 Å². The predicted octanol–water partition coefficient (Wildman–Crippen LogP) is 1.82. The lowest BCUT2D eigenvalue weighted by Gasteiger charge is -2.20. The Labute approximate surface area is 112 Å². The van der Waals surface area contributed by atoms with E-state index in [0.29, 0.717) is 10.8 Å². The molecule has 0 atom stereocenters. The van der Waals surface area contributed by atoms with Crippen molar-refractivity contribution in [2.45, 2.75) is 6.42 Å². The first kappa shape index (κ1) is 14.7. The molecular formula is C12H18ClN3O2. The summed E-state index contributed by atoms with van der Waals surface area (Å²) in [4.78, 5) is 18.9. The largest absolute Gasteiger partial charge is 0.478 e. The first-order chi connectivity index (χ1) is 8.41. The van der Waals surface area contributed by atoms with Crippen LogP contribution in [0.3, 0.4) is 0 Å². The third-order valence-corrected chi connectivity index (χ3v) is 2.81. The maximum atomic E-state index is 10.8. The fourth-order valence-corrected chi connectivity index (χ4v) is 1.87. The second-order valence-corrected chi connectivity index (χ2v) is 4.82. The van der Waals surface area contributed by atoms with Crippen molar-refractivity contribution in [2.75, 3.05) is 39.1 Å². The third kappa shape index (κ3) is 4.16. The highest BCUT2D eigenvalue weighted by Crippen LogP contribution is 2.23. The van der Waals surface area contributed by atoms with Crippen LogP contribution < -0.4 is 4.90 Å². The lowest BCUT2D eigenvalue weighted by atomic mass is 10.3. The molecule has 0 aromatic carbocycles. The molecule has 5 nitrogen and oxygen atoms in total. The van der Waals surface area contributed by atoms with Gasteiger partial charge in [-0.25, -0.2) is 9.78 Å². The first-order valence-electron chi connectivity index (χ1n) is 5.66. The number of hydrogen-bond acceptors (Lipinski definition) is 4. The second-order valence-electron chi connectivity index (χ2n) is 4.41. The summed E-state index contributed by atoms with van der Waals surface area (Å²) in [5, 5.41) is 9.19. The van der Waals surface area contributed by atoms with Crippen LogP contribution in [0.1, 0.15) is 16.8 Å². The molecule has 0 radical (unpaired) electrons. The molecule has 0 saturated heterocycles. The minimum Gasteiger partial charge on any atom is -0.478 e. The summed E-state index contributed by atoms with van der Waals surface area (Å²) in [5.74, 6) is -0.411. The molecule has 1 rings (SSSR count). The molecule has 0 bridgehead atoms. The number of rotatable bonds is 6. The number of aromatic nitrogens is 1. The van der Waals surface area contributed by atoms with Crippen molar-refractivity contribution in [3.8, 4) is 0 Å².